The molecule has 0 bridgehead atoms. The van der Waals surface area contributed by atoms with Crippen LogP contribution in [-0.2, 0) is 4.74 Å². The SMILES string of the molecule is COCCN(C)c1cc(-c2ccccn2)nc(-c2ccccn2)c1. The maximum atomic E-state index is 5.18. The zero-order valence-electron chi connectivity index (χ0n) is 13.9. The van der Waals surface area contributed by atoms with Crippen molar-refractivity contribution in [1.82, 2.24) is 15.0 Å². The molecule has 3 aromatic rings. The van der Waals surface area contributed by atoms with Crippen LogP contribution in [0.1, 0.15) is 0 Å². The summed E-state index contributed by atoms with van der Waals surface area (Å²) in [6, 6.07) is 15.7. The van der Waals surface area contributed by atoms with Crippen molar-refractivity contribution in [2.75, 3.05) is 32.2 Å². The van der Waals surface area contributed by atoms with Gasteiger partial charge >= 0.3 is 0 Å². The van der Waals surface area contributed by atoms with Gasteiger partial charge in [-0.05, 0) is 36.4 Å². The quantitative estimate of drug-likeness (QED) is 0.697. The van der Waals surface area contributed by atoms with E-state index in [1.165, 1.54) is 0 Å². The van der Waals surface area contributed by atoms with E-state index in [1.807, 2.05) is 55.6 Å². The minimum absolute atomic E-state index is 0.663. The van der Waals surface area contributed by atoms with Crippen LogP contribution < -0.4 is 4.90 Å². The molecule has 0 aliphatic heterocycles. The monoisotopic (exact) mass is 320 g/mol. The number of methoxy groups -OCH3 is 1. The summed E-state index contributed by atoms with van der Waals surface area (Å²) in [7, 11) is 3.75. The van der Waals surface area contributed by atoms with Crippen molar-refractivity contribution in [2.45, 2.75) is 0 Å². The minimum atomic E-state index is 0.663. The van der Waals surface area contributed by atoms with Gasteiger partial charge in [0.2, 0.25) is 0 Å². The van der Waals surface area contributed by atoms with Crippen molar-refractivity contribution < 1.29 is 4.74 Å². The van der Waals surface area contributed by atoms with Gasteiger partial charge in [-0.15, -0.1) is 0 Å². The highest BCUT2D eigenvalue weighted by Gasteiger charge is 2.11. The molecule has 3 heterocycles. The zero-order valence-corrected chi connectivity index (χ0v) is 13.9. The molecule has 5 heteroatoms. The maximum Gasteiger partial charge on any atom is 0.0914 e. The van der Waals surface area contributed by atoms with E-state index in [4.69, 9.17) is 9.72 Å². The minimum Gasteiger partial charge on any atom is -0.383 e. The lowest BCUT2D eigenvalue weighted by atomic mass is 10.1. The average Bonchev–Trinajstić information content (AvgIpc) is 2.67. The van der Waals surface area contributed by atoms with Gasteiger partial charge in [0.05, 0.1) is 29.4 Å². The van der Waals surface area contributed by atoms with Crippen LogP contribution >= 0.6 is 0 Å². The van der Waals surface area contributed by atoms with Gasteiger partial charge in [-0.1, -0.05) is 12.1 Å². The number of hydrogen-bond acceptors (Lipinski definition) is 5. The predicted octanol–water partition coefficient (Wildman–Crippen LogP) is 3.29. The normalized spacial score (nSPS) is 10.6. The number of likely N-dealkylation sites (N-methyl/N-ethyl adjacent to an activating group) is 1. The summed E-state index contributed by atoms with van der Waals surface area (Å²) in [6.07, 6.45) is 3.55. The van der Waals surface area contributed by atoms with E-state index in [0.717, 1.165) is 35.0 Å². The van der Waals surface area contributed by atoms with E-state index >= 15 is 0 Å². The first-order valence-corrected chi connectivity index (χ1v) is 7.83. The molecule has 0 N–H and O–H groups in total. The number of ether oxygens (including phenoxy) is 1. The Hall–Kier alpha value is -2.79. The van der Waals surface area contributed by atoms with Crippen LogP contribution in [0, 0.1) is 0 Å². The van der Waals surface area contributed by atoms with Crippen LogP contribution in [-0.4, -0.2) is 42.3 Å². The summed E-state index contributed by atoms with van der Waals surface area (Å²) in [5, 5.41) is 0. The first kappa shape index (κ1) is 16.1. The third-order valence-electron chi connectivity index (χ3n) is 3.74. The van der Waals surface area contributed by atoms with Crippen LogP contribution in [0.5, 0.6) is 0 Å². The standard InChI is InChI=1S/C19H20N4O/c1-23(11-12-24-2)15-13-18(16-7-3-5-9-20-16)22-19(14-15)17-8-4-6-10-21-17/h3-10,13-14H,11-12H2,1-2H3. The Balaban J connectivity index is 2.06. The van der Waals surface area contributed by atoms with Crippen molar-refractivity contribution in [3.63, 3.8) is 0 Å². The molecule has 0 unspecified atom stereocenters. The van der Waals surface area contributed by atoms with Crippen LogP contribution in [0.25, 0.3) is 22.8 Å². The predicted molar refractivity (Wildman–Crippen MR) is 95.8 cm³/mol. The van der Waals surface area contributed by atoms with Crippen LogP contribution in [0.4, 0.5) is 5.69 Å². The molecule has 0 fully saturated rings. The second kappa shape index (κ2) is 7.66. The van der Waals surface area contributed by atoms with E-state index in [-0.39, 0.29) is 0 Å². The second-order valence-electron chi connectivity index (χ2n) is 5.44. The van der Waals surface area contributed by atoms with E-state index in [0.29, 0.717) is 6.61 Å². The Labute approximate surface area is 142 Å². The largest absolute Gasteiger partial charge is 0.383 e. The average molecular weight is 320 g/mol. The molecule has 0 aliphatic rings. The Bertz CT molecular complexity index is 720. The fourth-order valence-corrected chi connectivity index (χ4v) is 2.38. The topological polar surface area (TPSA) is 51.1 Å². The first-order valence-electron chi connectivity index (χ1n) is 7.83. The van der Waals surface area contributed by atoms with Gasteiger partial charge in [-0.2, -0.15) is 0 Å². The van der Waals surface area contributed by atoms with Gasteiger partial charge in [0.25, 0.3) is 0 Å². The lowest BCUT2D eigenvalue weighted by molar-refractivity contribution is 0.206. The Morgan fingerprint density at radius 2 is 1.46 bits per heavy atom. The molecule has 24 heavy (non-hydrogen) atoms. The summed E-state index contributed by atoms with van der Waals surface area (Å²) in [6.45, 7) is 1.46. The van der Waals surface area contributed by atoms with Crippen molar-refractivity contribution in [3.05, 3.63) is 60.9 Å². The summed E-state index contributed by atoms with van der Waals surface area (Å²) in [4.78, 5) is 15.7. The zero-order chi connectivity index (χ0) is 16.8. The van der Waals surface area contributed by atoms with E-state index < -0.39 is 0 Å². The third kappa shape index (κ3) is 3.75. The summed E-state index contributed by atoms with van der Waals surface area (Å²) in [5.74, 6) is 0. The van der Waals surface area contributed by atoms with E-state index in [9.17, 15) is 0 Å². The van der Waals surface area contributed by atoms with Crippen molar-refractivity contribution in [3.8, 4) is 22.8 Å². The molecule has 0 amide bonds. The molecule has 3 rings (SSSR count). The fraction of sp³-hybridized carbons (Fsp3) is 0.211. The number of hydrogen-bond donors (Lipinski definition) is 0. The first-order chi connectivity index (χ1) is 11.8. The van der Waals surface area contributed by atoms with Crippen molar-refractivity contribution in [1.29, 1.82) is 0 Å². The molecule has 0 saturated carbocycles. The van der Waals surface area contributed by atoms with Gasteiger partial charge in [0.15, 0.2) is 0 Å². The lowest BCUT2D eigenvalue weighted by Crippen LogP contribution is -2.22. The Morgan fingerprint density at radius 3 is 1.92 bits per heavy atom. The highest BCUT2D eigenvalue weighted by Crippen LogP contribution is 2.26. The molecule has 0 spiro atoms. The molecule has 3 aromatic heterocycles. The second-order valence-corrected chi connectivity index (χ2v) is 5.44. The Morgan fingerprint density at radius 1 is 0.875 bits per heavy atom. The molecule has 0 saturated heterocycles. The summed E-state index contributed by atoms with van der Waals surface area (Å²) >= 11 is 0. The van der Waals surface area contributed by atoms with Crippen LogP contribution in [0.15, 0.2) is 60.9 Å². The van der Waals surface area contributed by atoms with Crippen LogP contribution in [0.2, 0.25) is 0 Å². The molecule has 0 atom stereocenters. The van der Waals surface area contributed by atoms with Gasteiger partial charge in [0.1, 0.15) is 0 Å². The van der Waals surface area contributed by atoms with Crippen LogP contribution in [0.3, 0.4) is 0 Å². The molecule has 122 valence electrons. The number of nitrogens with zero attached hydrogens (tertiary/aromatic N) is 4. The van der Waals surface area contributed by atoms with E-state index in [2.05, 4.69) is 14.9 Å². The highest BCUT2D eigenvalue weighted by atomic mass is 16.5. The number of anilines is 1. The highest BCUT2D eigenvalue weighted by molar-refractivity contribution is 5.69. The third-order valence-corrected chi connectivity index (χ3v) is 3.74. The number of pyridine rings is 3. The number of rotatable bonds is 6. The van der Waals surface area contributed by atoms with Gasteiger partial charge in [-0.25, -0.2) is 4.98 Å². The summed E-state index contributed by atoms with van der Waals surface area (Å²) in [5.41, 5.74) is 4.41. The molecule has 0 aliphatic carbocycles. The summed E-state index contributed by atoms with van der Waals surface area (Å²) < 4.78 is 5.18. The van der Waals surface area contributed by atoms with Gasteiger partial charge in [0, 0.05) is 38.8 Å². The fourth-order valence-electron chi connectivity index (χ4n) is 2.38. The molecular weight excluding hydrogens is 300 g/mol. The Kier molecular flexibility index (Phi) is 5.13. The molecule has 0 aromatic carbocycles. The van der Waals surface area contributed by atoms with Gasteiger partial charge < -0.3 is 9.64 Å². The smallest absolute Gasteiger partial charge is 0.0914 e. The van der Waals surface area contributed by atoms with E-state index in [1.54, 1.807) is 19.5 Å². The van der Waals surface area contributed by atoms with Gasteiger partial charge in [-0.3, -0.25) is 9.97 Å². The molecule has 0 radical (unpaired) electrons. The molecule has 5 nitrogen and oxygen atoms in total. The molecular formula is C19H20N4O. The van der Waals surface area contributed by atoms with Crippen molar-refractivity contribution in [2.24, 2.45) is 0 Å². The number of aromatic nitrogens is 3. The maximum absolute atomic E-state index is 5.18. The van der Waals surface area contributed by atoms with Crippen molar-refractivity contribution >= 4 is 5.69 Å². The lowest BCUT2D eigenvalue weighted by Gasteiger charge is -2.20.